The number of aliphatic hydroxyl groups excluding tert-OH is 1. The first-order valence-corrected chi connectivity index (χ1v) is 7.87. The molecule has 116 valence electrons. The van der Waals surface area contributed by atoms with Crippen molar-refractivity contribution < 1.29 is 9.90 Å². The van der Waals surface area contributed by atoms with E-state index in [1.807, 2.05) is 19.9 Å². The minimum Gasteiger partial charge on any atom is -0.389 e. The first-order chi connectivity index (χ1) is 10.1. The highest BCUT2D eigenvalue weighted by Crippen LogP contribution is 2.19. The van der Waals surface area contributed by atoms with Crippen molar-refractivity contribution in [1.82, 2.24) is 10.2 Å². The number of rotatable bonds is 6. The van der Waals surface area contributed by atoms with Gasteiger partial charge in [0, 0.05) is 19.0 Å². The molecule has 0 spiro atoms. The van der Waals surface area contributed by atoms with Crippen LogP contribution in [-0.2, 0) is 11.2 Å². The molecule has 2 rings (SSSR count). The lowest BCUT2D eigenvalue weighted by Crippen LogP contribution is -2.43. The predicted octanol–water partition coefficient (Wildman–Crippen LogP) is 1.58. The normalized spacial score (nSPS) is 26.0. The van der Waals surface area contributed by atoms with Crippen molar-refractivity contribution in [3.63, 3.8) is 0 Å². The molecule has 1 fully saturated rings. The van der Waals surface area contributed by atoms with E-state index in [0.29, 0.717) is 6.42 Å². The van der Waals surface area contributed by atoms with E-state index in [4.69, 9.17) is 0 Å². The summed E-state index contributed by atoms with van der Waals surface area (Å²) in [5.74, 6) is 0.0115. The maximum absolute atomic E-state index is 11.5. The van der Waals surface area contributed by atoms with Gasteiger partial charge in [0.15, 0.2) is 0 Å². The molecule has 1 unspecified atom stereocenters. The van der Waals surface area contributed by atoms with Crippen LogP contribution in [0.25, 0.3) is 0 Å². The van der Waals surface area contributed by atoms with Crippen molar-refractivity contribution in [2.45, 2.75) is 51.3 Å². The molecule has 3 atom stereocenters. The van der Waals surface area contributed by atoms with Gasteiger partial charge in [0.2, 0.25) is 5.91 Å². The van der Waals surface area contributed by atoms with Crippen molar-refractivity contribution in [2.75, 3.05) is 13.1 Å². The molecule has 0 saturated carbocycles. The third-order valence-corrected chi connectivity index (χ3v) is 4.33. The van der Waals surface area contributed by atoms with Gasteiger partial charge in [-0.15, -0.1) is 0 Å². The van der Waals surface area contributed by atoms with E-state index < -0.39 is 6.10 Å². The number of aryl methyl sites for hydroxylation is 1. The average molecular weight is 290 g/mol. The largest absolute Gasteiger partial charge is 0.389 e. The molecule has 0 bridgehead atoms. The number of nitrogens with zero attached hydrogens (tertiary/aromatic N) is 1. The minimum atomic E-state index is -0.475. The molecular formula is C17H26N2O2. The van der Waals surface area contributed by atoms with Gasteiger partial charge in [-0.1, -0.05) is 37.3 Å². The van der Waals surface area contributed by atoms with Crippen LogP contribution in [0.15, 0.2) is 30.3 Å². The first-order valence-electron chi connectivity index (χ1n) is 7.87. The summed E-state index contributed by atoms with van der Waals surface area (Å²) in [5, 5.41) is 13.1. The van der Waals surface area contributed by atoms with E-state index in [2.05, 4.69) is 34.5 Å². The number of likely N-dealkylation sites (tertiary alicyclic amines) is 1. The number of carbonyl (C=O) groups is 1. The van der Waals surface area contributed by atoms with E-state index in [-0.39, 0.29) is 18.0 Å². The summed E-state index contributed by atoms with van der Waals surface area (Å²) in [4.78, 5) is 13.8. The van der Waals surface area contributed by atoms with Gasteiger partial charge >= 0.3 is 0 Å². The summed E-state index contributed by atoms with van der Waals surface area (Å²) in [6.07, 6.45) is 2.10. The van der Waals surface area contributed by atoms with Crippen LogP contribution in [0.2, 0.25) is 0 Å². The number of hydrogen-bond acceptors (Lipinski definition) is 3. The summed E-state index contributed by atoms with van der Waals surface area (Å²) in [5.41, 5.74) is 1.35. The second-order valence-corrected chi connectivity index (χ2v) is 5.84. The molecular weight excluding hydrogens is 264 g/mol. The average Bonchev–Trinajstić information content (AvgIpc) is 2.76. The molecule has 1 amide bonds. The molecule has 1 saturated heterocycles. The zero-order valence-corrected chi connectivity index (χ0v) is 13.0. The van der Waals surface area contributed by atoms with Gasteiger partial charge in [-0.2, -0.15) is 0 Å². The number of amides is 1. The lowest BCUT2D eigenvalue weighted by molar-refractivity contribution is -0.122. The van der Waals surface area contributed by atoms with Gasteiger partial charge in [-0.25, -0.2) is 0 Å². The molecule has 1 aliphatic heterocycles. The highest BCUT2D eigenvalue weighted by molar-refractivity contribution is 5.76. The standard InChI is InChI=1S/C17H26N2O2/c1-3-16(20)18-15-12-19(13(2)17(15)21)11-7-10-14-8-5-4-6-9-14/h4-6,8-9,13,15,17,21H,3,7,10-12H2,1-2H3,(H,18,20)/t13-,15?,17-/m0/s1. The summed E-state index contributed by atoms with van der Waals surface area (Å²) in [7, 11) is 0. The number of hydrogen-bond donors (Lipinski definition) is 2. The molecule has 1 aromatic carbocycles. The molecule has 1 aromatic rings. The Morgan fingerprint density at radius 2 is 2.10 bits per heavy atom. The van der Waals surface area contributed by atoms with E-state index >= 15 is 0 Å². The molecule has 4 heteroatoms. The third kappa shape index (κ3) is 4.29. The summed E-state index contributed by atoms with van der Waals surface area (Å²) < 4.78 is 0. The number of benzene rings is 1. The Kier molecular flexibility index (Phi) is 5.76. The smallest absolute Gasteiger partial charge is 0.220 e. The first kappa shape index (κ1) is 16.0. The Labute approximate surface area is 127 Å². The van der Waals surface area contributed by atoms with Gasteiger partial charge in [0.25, 0.3) is 0 Å². The van der Waals surface area contributed by atoms with Crippen LogP contribution in [0.4, 0.5) is 0 Å². The van der Waals surface area contributed by atoms with Gasteiger partial charge in [-0.3, -0.25) is 9.69 Å². The predicted molar refractivity (Wildman–Crippen MR) is 84.0 cm³/mol. The van der Waals surface area contributed by atoms with Crippen molar-refractivity contribution in [3.8, 4) is 0 Å². The van der Waals surface area contributed by atoms with Gasteiger partial charge in [0.05, 0.1) is 12.1 Å². The third-order valence-electron chi connectivity index (χ3n) is 4.33. The zero-order chi connectivity index (χ0) is 15.2. The molecule has 1 heterocycles. The Balaban J connectivity index is 1.79. The molecule has 21 heavy (non-hydrogen) atoms. The van der Waals surface area contributed by atoms with Gasteiger partial charge < -0.3 is 10.4 Å². The second-order valence-electron chi connectivity index (χ2n) is 5.84. The fourth-order valence-electron chi connectivity index (χ4n) is 2.94. The Hall–Kier alpha value is -1.39. The maximum atomic E-state index is 11.5. The van der Waals surface area contributed by atoms with Crippen molar-refractivity contribution in [2.24, 2.45) is 0 Å². The number of aliphatic hydroxyl groups is 1. The van der Waals surface area contributed by atoms with Crippen molar-refractivity contribution >= 4 is 5.91 Å². The number of nitrogens with one attached hydrogen (secondary N) is 1. The fourth-order valence-corrected chi connectivity index (χ4v) is 2.94. The lowest BCUT2D eigenvalue weighted by atomic mass is 10.1. The Morgan fingerprint density at radius 3 is 2.76 bits per heavy atom. The lowest BCUT2D eigenvalue weighted by Gasteiger charge is -2.21. The van der Waals surface area contributed by atoms with E-state index in [0.717, 1.165) is 25.9 Å². The van der Waals surface area contributed by atoms with Crippen molar-refractivity contribution in [1.29, 1.82) is 0 Å². The van der Waals surface area contributed by atoms with Crippen LogP contribution in [0.1, 0.15) is 32.3 Å². The minimum absolute atomic E-state index is 0.0115. The van der Waals surface area contributed by atoms with Crippen LogP contribution in [0.5, 0.6) is 0 Å². The molecule has 4 nitrogen and oxygen atoms in total. The van der Waals surface area contributed by atoms with Crippen LogP contribution in [0.3, 0.4) is 0 Å². The van der Waals surface area contributed by atoms with E-state index in [1.165, 1.54) is 5.56 Å². The van der Waals surface area contributed by atoms with Crippen LogP contribution in [0, 0.1) is 0 Å². The van der Waals surface area contributed by atoms with Gasteiger partial charge in [-0.05, 0) is 31.9 Å². The summed E-state index contributed by atoms with van der Waals surface area (Å²) in [6, 6.07) is 10.4. The second kappa shape index (κ2) is 7.57. The fraction of sp³-hybridized carbons (Fsp3) is 0.588. The van der Waals surface area contributed by atoms with Crippen LogP contribution >= 0.6 is 0 Å². The van der Waals surface area contributed by atoms with Crippen LogP contribution in [-0.4, -0.2) is 47.2 Å². The molecule has 0 radical (unpaired) electrons. The monoisotopic (exact) mass is 290 g/mol. The van der Waals surface area contributed by atoms with E-state index in [9.17, 15) is 9.90 Å². The summed E-state index contributed by atoms with van der Waals surface area (Å²) in [6.45, 7) is 5.55. The Bertz CT molecular complexity index is 449. The maximum Gasteiger partial charge on any atom is 0.220 e. The molecule has 1 aliphatic rings. The quantitative estimate of drug-likeness (QED) is 0.836. The highest BCUT2D eigenvalue weighted by Gasteiger charge is 2.37. The topological polar surface area (TPSA) is 52.6 Å². The zero-order valence-electron chi connectivity index (χ0n) is 13.0. The van der Waals surface area contributed by atoms with Gasteiger partial charge in [0.1, 0.15) is 0 Å². The SMILES string of the molecule is CCC(=O)NC1CN(CCCc2ccccc2)[C@@H](C)[C@@H]1O. The highest BCUT2D eigenvalue weighted by atomic mass is 16.3. The van der Waals surface area contributed by atoms with E-state index in [1.54, 1.807) is 0 Å². The number of carbonyl (C=O) groups excluding carboxylic acids is 1. The Morgan fingerprint density at radius 1 is 1.38 bits per heavy atom. The molecule has 0 aromatic heterocycles. The molecule has 2 N–H and O–H groups in total. The van der Waals surface area contributed by atoms with Crippen molar-refractivity contribution in [3.05, 3.63) is 35.9 Å². The summed E-state index contributed by atoms with van der Waals surface area (Å²) >= 11 is 0. The van der Waals surface area contributed by atoms with Crippen LogP contribution < -0.4 is 5.32 Å². The molecule has 0 aliphatic carbocycles.